The van der Waals surface area contributed by atoms with Crippen LogP contribution in [0, 0.1) is 10.1 Å². The fraction of sp³-hybridized carbons (Fsp3) is 0.444. The van der Waals surface area contributed by atoms with E-state index in [9.17, 15) is 19.3 Å². The second-order valence-electron chi connectivity index (χ2n) is 3.11. The van der Waals surface area contributed by atoms with E-state index < -0.39 is 29.0 Å². The lowest BCUT2D eigenvalue weighted by molar-refractivity contribution is -0.402. The predicted octanol–water partition coefficient (Wildman–Crippen LogP) is 1.09. The van der Waals surface area contributed by atoms with Crippen LogP contribution in [0.3, 0.4) is 0 Å². The number of furan rings is 1. The Morgan fingerprint density at radius 1 is 1.71 bits per heavy atom. The highest BCUT2D eigenvalue weighted by Crippen LogP contribution is 2.24. The number of hydrogen-bond donors (Lipinski definition) is 1. The van der Waals surface area contributed by atoms with Crippen molar-refractivity contribution in [3.05, 3.63) is 28.0 Å². The zero-order valence-corrected chi connectivity index (χ0v) is 8.96. The van der Waals surface area contributed by atoms with Gasteiger partial charge in [-0.15, -0.1) is 0 Å². The summed E-state index contributed by atoms with van der Waals surface area (Å²) in [6, 6.07) is 0.754. The normalized spacial score (nSPS) is 14.1. The van der Waals surface area contributed by atoms with Gasteiger partial charge in [0.05, 0.1) is 12.7 Å². The van der Waals surface area contributed by atoms with Crippen LogP contribution in [0.1, 0.15) is 18.7 Å². The molecule has 17 heavy (non-hydrogen) atoms. The van der Waals surface area contributed by atoms with Crippen molar-refractivity contribution in [1.82, 2.24) is 0 Å². The summed E-state index contributed by atoms with van der Waals surface area (Å²) in [7, 11) is 0. The lowest BCUT2D eigenvalue weighted by atomic mass is 10.1. The van der Waals surface area contributed by atoms with Crippen molar-refractivity contribution in [3.8, 4) is 0 Å². The second kappa shape index (κ2) is 5.39. The third kappa shape index (κ3) is 3.00. The third-order valence-corrected chi connectivity index (χ3v) is 1.95. The Bertz CT molecular complexity index is 419. The first kappa shape index (κ1) is 13.1. The Kier molecular flexibility index (Phi) is 4.16. The van der Waals surface area contributed by atoms with Gasteiger partial charge >= 0.3 is 11.9 Å². The number of ether oxygens (including phenoxy) is 1. The van der Waals surface area contributed by atoms with Crippen LogP contribution >= 0.6 is 0 Å². The standard InChI is InChI=1S/C9H11FN2O5/c1-2-16-9(13)7(10)8(11)5-3-4-6(17-5)12(14)15/h3-4,7-8H,2,11H2,1H3/t7?,8-/m0/s1. The van der Waals surface area contributed by atoms with Crippen molar-refractivity contribution in [2.24, 2.45) is 5.73 Å². The van der Waals surface area contributed by atoms with Crippen LogP contribution < -0.4 is 5.73 Å². The Hall–Kier alpha value is -1.96. The number of halogens is 1. The zero-order valence-electron chi connectivity index (χ0n) is 8.96. The minimum atomic E-state index is -2.12. The molecule has 1 aromatic rings. The maximum absolute atomic E-state index is 13.4. The Morgan fingerprint density at radius 3 is 2.82 bits per heavy atom. The van der Waals surface area contributed by atoms with E-state index in [0.717, 1.165) is 12.1 Å². The number of carbonyl (C=O) groups is 1. The van der Waals surface area contributed by atoms with E-state index in [-0.39, 0.29) is 12.4 Å². The molecule has 0 saturated carbocycles. The fourth-order valence-corrected chi connectivity index (χ4v) is 1.13. The van der Waals surface area contributed by atoms with Gasteiger partial charge < -0.3 is 14.9 Å². The Balaban J connectivity index is 2.77. The number of nitro groups is 1. The summed E-state index contributed by atoms with van der Waals surface area (Å²) in [5.41, 5.74) is 5.39. The van der Waals surface area contributed by atoms with Crippen LogP contribution in [0.4, 0.5) is 10.3 Å². The van der Waals surface area contributed by atoms with Crippen molar-refractivity contribution in [2.45, 2.75) is 19.1 Å². The van der Waals surface area contributed by atoms with Gasteiger partial charge in [0.2, 0.25) is 6.17 Å². The number of alkyl halides is 1. The van der Waals surface area contributed by atoms with E-state index in [4.69, 9.17) is 5.73 Å². The molecule has 0 fully saturated rings. The van der Waals surface area contributed by atoms with E-state index in [1.165, 1.54) is 6.92 Å². The summed E-state index contributed by atoms with van der Waals surface area (Å²) in [5, 5.41) is 10.3. The van der Waals surface area contributed by atoms with Crippen molar-refractivity contribution in [3.63, 3.8) is 0 Å². The lowest BCUT2D eigenvalue weighted by Crippen LogP contribution is -2.31. The number of rotatable bonds is 5. The van der Waals surface area contributed by atoms with Gasteiger partial charge in [0.1, 0.15) is 16.7 Å². The number of esters is 1. The van der Waals surface area contributed by atoms with Gasteiger partial charge in [-0.2, -0.15) is 0 Å². The summed E-state index contributed by atoms with van der Waals surface area (Å²) < 4.78 is 22.6. The molecule has 1 aromatic heterocycles. The number of nitrogens with two attached hydrogens (primary N) is 1. The first-order chi connectivity index (χ1) is 7.97. The number of carbonyl (C=O) groups excluding carboxylic acids is 1. The average Bonchev–Trinajstić information content (AvgIpc) is 2.76. The largest absolute Gasteiger partial charge is 0.464 e. The van der Waals surface area contributed by atoms with Crippen molar-refractivity contribution < 1.29 is 23.3 Å². The summed E-state index contributed by atoms with van der Waals surface area (Å²) in [4.78, 5) is 20.6. The van der Waals surface area contributed by atoms with Crippen molar-refractivity contribution in [2.75, 3.05) is 6.61 Å². The molecule has 0 spiro atoms. The van der Waals surface area contributed by atoms with E-state index in [2.05, 4.69) is 9.15 Å². The second-order valence-corrected chi connectivity index (χ2v) is 3.11. The summed E-state index contributed by atoms with van der Waals surface area (Å²) in [6.07, 6.45) is -2.12. The SMILES string of the molecule is CCOC(=O)C(F)[C@@H](N)c1ccc([N+](=O)[O-])o1. The predicted molar refractivity (Wildman–Crippen MR) is 53.8 cm³/mol. The van der Waals surface area contributed by atoms with Gasteiger partial charge in [-0.1, -0.05) is 0 Å². The number of hydrogen-bond acceptors (Lipinski definition) is 6. The molecule has 7 nitrogen and oxygen atoms in total. The van der Waals surface area contributed by atoms with Gasteiger partial charge in [0, 0.05) is 0 Å². The highest BCUT2D eigenvalue weighted by molar-refractivity contribution is 5.75. The van der Waals surface area contributed by atoms with Gasteiger partial charge in [-0.05, 0) is 13.0 Å². The molecule has 1 unspecified atom stereocenters. The molecule has 0 radical (unpaired) electrons. The maximum atomic E-state index is 13.4. The molecule has 0 amide bonds. The van der Waals surface area contributed by atoms with Gasteiger partial charge in [0.25, 0.3) is 0 Å². The minimum Gasteiger partial charge on any atom is -0.464 e. The molecular weight excluding hydrogens is 235 g/mol. The van der Waals surface area contributed by atoms with E-state index >= 15 is 0 Å². The Labute approximate surface area is 95.5 Å². The molecule has 94 valence electrons. The van der Waals surface area contributed by atoms with Crippen LogP contribution in [0.15, 0.2) is 16.5 Å². The molecule has 8 heteroatoms. The smallest absolute Gasteiger partial charge is 0.433 e. The molecule has 0 aliphatic heterocycles. The number of nitrogens with zero attached hydrogens (tertiary/aromatic N) is 1. The molecule has 1 heterocycles. The summed E-state index contributed by atoms with van der Waals surface area (Å²) in [5.74, 6) is -1.87. The molecule has 1 rings (SSSR count). The molecule has 0 aromatic carbocycles. The Morgan fingerprint density at radius 2 is 2.35 bits per heavy atom. The van der Waals surface area contributed by atoms with E-state index in [1.54, 1.807) is 0 Å². The van der Waals surface area contributed by atoms with Crippen LogP contribution in [0.2, 0.25) is 0 Å². The van der Waals surface area contributed by atoms with Crippen molar-refractivity contribution >= 4 is 11.9 Å². The van der Waals surface area contributed by atoms with Gasteiger partial charge in [-0.25, -0.2) is 9.18 Å². The average molecular weight is 246 g/mol. The maximum Gasteiger partial charge on any atom is 0.433 e. The van der Waals surface area contributed by atoms with Crippen LogP contribution in [0.25, 0.3) is 0 Å². The first-order valence-electron chi connectivity index (χ1n) is 4.77. The third-order valence-electron chi connectivity index (χ3n) is 1.95. The van der Waals surface area contributed by atoms with Gasteiger partial charge in [0.15, 0.2) is 0 Å². The molecule has 0 aliphatic rings. The fourth-order valence-electron chi connectivity index (χ4n) is 1.13. The highest BCUT2D eigenvalue weighted by Gasteiger charge is 2.31. The topological polar surface area (TPSA) is 109 Å². The zero-order chi connectivity index (χ0) is 13.0. The first-order valence-corrected chi connectivity index (χ1v) is 4.77. The summed E-state index contributed by atoms with van der Waals surface area (Å²) >= 11 is 0. The highest BCUT2D eigenvalue weighted by atomic mass is 19.1. The molecule has 0 aliphatic carbocycles. The quantitative estimate of drug-likeness (QED) is 0.473. The van der Waals surface area contributed by atoms with Gasteiger partial charge in [-0.3, -0.25) is 10.1 Å². The molecule has 2 N–H and O–H groups in total. The van der Waals surface area contributed by atoms with Crippen LogP contribution in [-0.2, 0) is 9.53 Å². The molecule has 0 bridgehead atoms. The van der Waals surface area contributed by atoms with E-state index in [1.807, 2.05) is 0 Å². The molecular formula is C9H11FN2O5. The molecule has 2 atom stereocenters. The van der Waals surface area contributed by atoms with Crippen LogP contribution in [-0.4, -0.2) is 23.7 Å². The van der Waals surface area contributed by atoms with E-state index in [0.29, 0.717) is 0 Å². The monoisotopic (exact) mass is 246 g/mol. The summed E-state index contributed by atoms with van der Waals surface area (Å²) in [6.45, 7) is 1.54. The lowest BCUT2D eigenvalue weighted by Gasteiger charge is -2.12. The van der Waals surface area contributed by atoms with Crippen molar-refractivity contribution in [1.29, 1.82) is 0 Å². The molecule has 0 saturated heterocycles. The minimum absolute atomic E-state index is 0.0181. The van der Waals surface area contributed by atoms with Crippen LogP contribution in [0.5, 0.6) is 0 Å².